The van der Waals surface area contributed by atoms with Gasteiger partial charge in [0.2, 0.25) is 5.91 Å². The molecule has 19 nitrogen and oxygen atoms in total. The lowest BCUT2D eigenvalue weighted by Gasteiger charge is -2.48. The van der Waals surface area contributed by atoms with E-state index in [4.69, 9.17) is 28.4 Å². The van der Waals surface area contributed by atoms with E-state index in [2.05, 4.69) is 55.6 Å². The molecule has 19 heteroatoms. The van der Waals surface area contributed by atoms with E-state index >= 15 is 0 Å². The lowest BCUT2D eigenvalue weighted by molar-refractivity contribution is -0.379. The summed E-state index contributed by atoms with van der Waals surface area (Å²) >= 11 is 0. The van der Waals surface area contributed by atoms with Gasteiger partial charge in [-0.3, -0.25) is 4.79 Å². The quantitative estimate of drug-likeness (QED) is 0.0199. The molecule has 3 aliphatic heterocycles. The zero-order valence-corrected chi connectivity index (χ0v) is 69.3. The van der Waals surface area contributed by atoms with Gasteiger partial charge in [-0.1, -0.05) is 378 Å². The van der Waals surface area contributed by atoms with E-state index in [1.165, 1.54) is 308 Å². The summed E-state index contributed by atoms with van der Waals surface area (Å²) < 4.78 is 34.6. The molecule has 3 aliphatic rings. The number of unbranched alkanes of at least 4 members (excludes halogenated alkanes) is 53. The maximum absolute atomic E-state index is 13.5. The minimum atomic E-state index is -1.97. The third kappa shape index (κ3) is 49.0. The number of aliphatic hydroxyl groups is 11. The molecule has 1 amide bonds. The molecule has 17 unspecified atom stereocenters. The van der Waals surface area contributed by atoms with Gasteiger partial charge in [0.15, 0.2) is 18.9 Å². The summed E-state index contributed by atoms with van der Waals surface area (Å²) in [5, 5.41) is 121. The van der Waals surface area contributed by atoms with Crippen molar-refractivity contribution < 1.29 is 89.4 Å². The van der Waals surface area contributed by atoms with Gasteiger partial charge in [-0.05, 0) is 51.4 Å². The molecular weight excluding hydrogens is 1380 g/mol. The van der Waals surface area contributed by atoms with Gasteiger partial charge in [0.1, 0.15) is 73.2 Å². The maximum Gasteiger partial charge on any atom is 0.220 e. The van der Waals surface area contributed by atoms with Crippen LogP contribution in [0.1, 0.15) is 399 Å². The predicted octanol–water partition coefficient (Wildman–Crippen LogP) is 17.4. The Bertz CT molecular complexity index is 2100. The fourth-order valence-electron chi connectivity index (χ4n) is 15.7. The van der Waals surface area contributed by atoms with Gasteiger partial charge in [-0.15, -0.1) is 0 Å². The van der Waals surface area contributed by atoms with Crippen molar-refractivity contribution in [3.63, 3.8) is 0 Å². The van der Waals surface area contributed by atoms with Crippen LogP contribution in [-0.2, 0) is 33.2 Å². The van der Waals surface area contributed by atoms with Crippen LogP contribution in [0, 0.1) is 0 Å². The van der Waals surface area contributed by atoms with E-state index in [1.54, 1.807) is 0 Å². The Balaban J connectivity index is 1.29. The van der Waals surface area contributed by atoms with Crippen LogP contribution in [0.3, 0.4) is 0 Å². The number of allylic oxidation sites excluding steroid dienone is 6. The summed E-state index contributed by atoms with van der Waals surface area (Å²) in [7, 11) is 0. The second kappa shape index (κ2) is 70.2. The smallest absolute Gasteiger partial charge is 0.220 e. The number of carbonyl (C=O) groups is 1. The topological polar surface area (TPSA) is 307 Å². The van der Waals surface area contributed by atoms with Crippen molar-refractivity contribution in [3.8, 4) is 0 Å². The molecule has 3 fully saturated rings. The number of aliphatic hydroxyl groups excluding tert-OH is 11. The zero-order valence-electron chi connectivity index (χ0n) is 69.3. The Hall–Kier alpha value is -1.99. The molecule has 0 aromatic carbocycles. The molecule has 3 rings (SSSR count). The maximum atomic E-state index is 13.5. The Morgan fingerprint density at radius 2 is 0.606 bits per heavy atom. The van der Waals surface area contributed by atoms with E-state index < -0.39 is 124 Å². The molecule has 0 saturated carbocycles. The second-order valence-corrected chi connectivity index (χ2v) is 32.8. The molecule has 3 saturated heterocycles. The third-order valence-corrected chi connectivity index (χ3v) is 23.0. The number of hydrogen-bond donors (Lipinski definition) is 12. The average Bonchev–Trinajstić information content (AvgIpc) is 0.759. The normalized spacial score (nSPS) is 25.4. The number of hydrogen-bond acceptors (Lipinski definition) is 18. The molecule has 0 spiro atoms. The van der Waals surface area contributed by atoms with Crippen LogP contribution in [0.5, 0.6) is 0 Å². The van der Waals surface area contributed by atoms with Crippen LogP contribution in [0.25, 0.3) is 0 Å². The highest BCUT2D eigenvalue weighted by molar-refractivity contribution is 5.76. The van der Waals surface area contributed by atoms with E-state index in [0.29, 0.717) is 12.8 Å². The van der Waals surface area contributed by atoms with Gasteiger partial charge < -0.3 is 89.9 Å². The first-order valence-corrected chi connectivity index (χ1v) is 45.7. The highest BCUT2D eigenvalue weighted by Crippen LogP contribution is 2.34. The summed E-state index contributed by atoms with van der Waals surface area (Å²) in [6, 6.07) is -0.887. The van der Waals surface area contributed by atoms with Gasteiger partial charge in [0.05, 0.1) is 38.6 Å². The first-order valence-electron chi connectivity index (χ1n) is 45.7. The third-order valence-electron chi connectivity index (χ3n) is 23.0. The summed E-state index contributed by atoms with van der Waals surface area (Å²) in [4.78, 5) is 13.5. The van der Waals surface area contributed by atoms with E-state index in [0.717, 1.165) is 57.8 Å². The number of nitrogens with one attached hydrogen (secondary N) is 1. The minimum absolute atomic E-state index is 0.234. The van der Waals surface area contributed by atoms with Crippen molar-refractivity contribution in [1.29, 1.82) is 0 Å². The van der Waals surface area contributed by atoms with Crippen molar-refractivity contribution in [2.24, 2.45) is 0 Å². The lowest BCUT2D eigenvalue weighted by atomic mass is 9.96. The van der Waals surface area contributed by atoms with Gasteiger partial charge in [-0.25, -0.2) is 0 Å². The van der Waals surface area contributed by atoms with Crippen LogP contribution in [0.2, 0.25) is 0 Å². The summed E-state index contributed by atoms with van der Waals surface area (Å²) in [6.45, 7) is 1.86. The zero-order chi connectivity index (χ0) is 78.8. The Labute approximate surface area is 663 Å². The van der Waals surface area contributed by atoms with Crippen molar-refractivity contribution in [2.45, 2.75) is 503 Å². The Morgan fingerprint density at radius 3 is 0.945 bits per heavy atom. The van der Waals surface area contributed by atoms with Crippen molar-refractivity contribution >= 4 is 5.91 Å². The monoisotopic (exact) mass is 1550 g/mol. The van der Waals surface area contributed by atoms with Crippen molar-refractivity contribution in [2.75, 3.05) is 26.4 Å². The number of ether oxygens (including phenoxy) is 6. The number of carbonyl (C=O) groups excluding carboxylic acids is 1. The molecule has 0 bridgehead atoms. The number of rotatable bonds is 75. The summed E-state index contributed by atoms with van der Waals surface area (Å²) in [5.41, 5.74) is 0. The largest absolute Gasteiger partial charge is 0.394 e. The summed E-state index contributed by atoms with van der Waals surface area (Å²) in [6.07, 6.45) is 62.6. The molecule has 0 aromatic heterocycles. The summed E-state index contributed by atoms with van der Waals surface area (Å²) in [5.74, 6) is -0.234. The Kier molecular flexibility index (Phi) is 65.2. The van der Waals surface area contributed by atoms with Gasteiger partial charge >= 0.3 is 0 Å². The standard InChI is InChI=1S/C90H169NO18/c1-3-5-7-9-11-13-15-17-19-21-23-25-27-29-30-31-32-33-34-35-36-37-38-39-40-41-42-44-46-48-50-52-54-56-58-60-62-64-66-68-78(96)91-73(74(95)67-65-63-61-59-57-55-53-51-49-47-45-43-28-26-24-22-20-18-16-14-12-10-8-6-4-2)72-104-88-84(102)81(99)86(76(70-93)106-88)109-90-85(103)82(100)87(77(71-94)107-90)108-89-83(101)80(98)79(97)75(69-92)105-89/h15,17,21,23,27,29,73-77,79-90,92-95,97-103H,3-14,16,18-20,22,24-26,28,30-72H2,1-2H3,(H,91,96)/b17-15-,23-21-,29-27-. The minimum Gasteiger partial charge on any atom is -0.394 e. The molecule has 109 heavy (non-hydrogen) atoms. The van der Waals surface area contributed by atoms with Crippen LogP contribution >= 0.6 is 0 Å². The highest BCUT2D eigenvalue weighted by Gasteiger charge is 2.54. The first-order chi connectivity index (χ1) is 53.3. The van der Waals surface area contributed by atoms with Crippen LogP contribution in [-0.4, -0.2) is 193 Å². The Morgan fingerprint density at radius 1 is 0.330 bits per heavy atom. The van der Waals surface area contributed by atoms with Gasteiger partial charge in [0, 0.05) is 6.42 Å². The molecule has 3 heterocycles. The predicted molar refractivity (Wildman–Crippen MR) is 439 cm³/mol. The molecule has 12 N–H and O–H groups in total. The van der Waals surface area contributed by atoms with Crippen LogP contribution in [0.15, 0.2) is 36.5 Å². The van der Waals surface area contributed by atoms with E-state index in [9.17, 15) is 61.0 Å². The number of amides is 1. The molecule has 0 aromatic rings. The molecular formula is C90H169NO18. The van der Waals surface area contributed by atoms with Gasteiger partial charge in [0.25, 0.3) is 0 Å². The van der Waals surface area contributed by atoms with Crippen LogP contribution < -0.4 is 5.32 Å². The fraction of sp³-hybridized carbons (Fsp3) is 0.922. The van der Waals surface area contributed by atoms with Crippen LogP contribution in [0.4, 0.5) is 0 Å². The molecule has 17 atom stereocenters. The average molecular weight is 1550 g/mol. The van der Waals surface area contributed by atoms with Crippen molar-refractivity contribution in [3.05, 3.63) is 36.5 Å². The molecule has 0 aliphatic carbocycles. The second-order valence-electron chi connectivity index (χ2n) is 32.8. The fourth-order valence-corrected chi connectivity index (χ4v) is 15.7. The van der Waals surface area contributed by atoms with Gasteiger partial charge in [-0.2, -0.15) is 0 Å². The molecule has 0 radical (unpaired) electrons. The van der Waals surface area contributed by atoms with Crippen molar-refractivity contribution in [1.82, 2.24) is 5.32 Å². The lowest BCUT2D eigenvalue weighted by Crippen LogP contribution is -2.66. The highest BCUT2D eigenvalue weighted by atomic mass is 16.8. The SMILES string of the molecule is CCCCCCC/C=C\C/C=C\C/C=C\CCCCCCCCCCCCCCCCCCCCCCCCCCC(=O)NC(COC1OC(CO)C(OC2OC(CO)C(OC3OC(CO)C(O)C(O)C3O)C(O)C2O)C(O)C1O)C(O)CCCCCCCCCCCCCCCCCCCCCCCCCCC. The molecule has 642 valence electrons. The first kappa shape index (κ1) is 101. The van der Waals surface area contributed by atoms with E-state index in [-0.39, 0.29) is 18.9 Å². The van der Waals surface area contributed by atoms with E-state index in [1.807, 2.05) is 0 Å².